The van der Waals surface area contributed by atoms with Gasteiger partial charge < -0.3 is 14.2 Å². The van der Waals surface area contributed by atoms with Gasteiger partial charge in [0, 0.05) is 24.0 Å². The average Bonchev–Trinajstić information content (AvgIpc) is 3.14. The monoisotopic (exact) mass is 388 g/mol. The van der Waals surface area contributed by atoms with Crippen molar-refractivity contribution in [3.63, 3.8) is 0 Å². The van der Waals surface area contributed by atoms with Crippen molar-refractivity contribution in [3.8, 4) is 17.2 Å². The number of benzene rings is 2. The third kappa shape index (κ3) is 2.99. The van der Waals surface area contributed by atoms with Crippen LogP contribution in [0.25, 0.3) is 10.9 Å². The number of hydrogen-bond acceptors (Lipinski definition) is 5. The van der Waals surface area contributed by atoms with Crippen LogP contribution in [0.4, 0.5) is 13.2 Å². The van der Waals surface area contributed by atoms with Crippen molar-refractivity contribution in [1.29, 1.82) is 0 Å². The van der Waals surface area contributed by atoms with Gasteiger partial charge in [0.25, 0.3) is 0 Å². The van der Waals surface area contributed by atoms with Crippen LogP contribution in [0, 0.1) is 0 Å². The Morgan fingerprint density at radius 2 is 1.82 bits per heavy atom. The summed E-state index contributed by atoms with van der Waals surface area (Å²) in [5, 5.41) is 0.591. The highest BCUT2D eigenvalue weighted by Gasteiger charge is 2.33. The molecule has 0 fully saturated rings. The van der Waals surface area contributed by atoms with Crippen LogP contribution < -0.4 is 14.2 Å². The van der Waals surface area contributed by atoms with E-state index in [4.69, 9.17) is 14.2 Å². The van der Waals surface area contributed by atoms with Crippen LogP contribution in [0.15, 0.2) is 42.5 Å². The molecule has 0 atom stereocenters. The quantitative estimate of drug-likeness (QED) is 0.654. The number of aromatic nitrogens is 1. The first-order valence-electron chi connectivity index (χ1n) is 8.71. The smallest absolute Gasteiger partial charge is 0.433 e. The molecule has 2 aliphatic heterocycles. The number of rotatable bonds is 2. The zero-order valence-corrected chi connectivity index (χ0v) is 14.6. The maximum absolute atomic E-state index is 12.9. The van der Waals surface area contributed by atoms with E-state index in [2.05, 4.69) is 9.88 Å². The van der Waals surface area contributed by atoms with Crippen LogP contribution in [-0.2, 0) is 19.3 Å². The minimum atomic E-state index is -4.47. The van der Waals surface area contributed by atoms with Crippen molar-refractivity contribution in [2.24, 2.45) is 0 Å². The highest BCUT2D eigenvalue weighted by Crippen LogP contribution is 2.37. The molecule has 28 heavy (non-hydrogen) atoms. The predicted octanol–water partition coefficient (Wildman–Crippen LogP) is 4.33. The Morgan fingerprint density at radius 1 is 0.964 bits per heavy atom. The summed E-state index contributed by atoms with van der Waals surface area (Å²) in [5.74, 6) is 2.07. The van der Waals surface area contributed by atoms with Gasteiger partial charge in [-0.1, -0.05) is 12.1 Å². The van der Waals surface area contributed by atoms with E-state index in [1.54, 1.807) is 12.1 Å². The van der Waals surface area contributed by atoms with Gasteiger partial charge in [0.1, 0.15) is 18.2 Å². The zero-order chi connectivity index (χ0) is 19.3. The fraction of sp³-hybridized carbons (Fsp3) is 0.250. The maximum Gasteiger partial charge on any atom is 0.433 e. The van der Waals surface area contributed by atoms with Crippen LogP contribution in [0.5, 0.6) is 17.2 Å². The number of nitrogens with zero attached hydrogens (tertiary/aromatic N) is 2. The van der Waals surface area contributed by atoms with E-state index in [9.17, 15) is 13.2 Å². The number of ether oxygens (including phenoxy) is 3. The van der Waals surface area contributed by atoms with E-state index in [1.807, 2.05) is 18.2 Å². The third-order valence-corrected chi connectivity index (χ3v) is 4.82. The molecule has 0 spiro atoms. The molecule has 0 saturated carbocycles. The minimum Gasteiger partial charge on any atom is -0.477 e. The molecule has 3 aromatic rings. The molecule has 0 unspecified atom stereocenters. The fourth-order valence-corrected chi connectivity index (χ4v) is 3.52. The Labute approximate surface area is 158 Å². The lowest BCUT2D eigenvalue weighted by Crippen LogP contribution is -2.31. The summed E-state index contributed by atoms with van der Waals surface area (Å²) in [7, 11) is 0. The molecule has 8 heteroatoms. The first kappa shape index (κ1) is 17.1. The second-order valence-corrected chi connectivity index (χ2v) is 6.76. The number of hydrogen-bond donors (Lipinski definition) is 0. The normalized spacial score (nSPS) is 16.1. The van der Waals surface area contributed by atoms with E-state index in [0.717, 1.165) is 28.7 Å². The Kier molecular flexibility index (Phi) is 3.83. The van der Waals surface area contributed by atoms with Crippen LogP contribution >= 0.6 is 0 Å². The maximum atomic E-state index is 12.9. The number of alkyl halides is 3. The summed E-state index contributed by atoms with van der Waals surface area (Å²) in [4.78, 5) is 5.83. The molecule has 5 nitrogen and oxygen atoms in total. The van der Waals surface area contributed by atoms with E-state index in [1.165, 1.54) is 6.07 Å². The van der Waals surface area contributed by atoms with Crippen molar-refractivity contribution in [3.05, 3.63) is 59.3 Å². The summed E-state index contributed by atoms with van der Waals surface area (Å²) in [5.41, 5.74) is 1.35. The second kappa shape index (κ2) is 6.27. The summed E-state index contributed by atoms with van der Waals surface area (Å²) in [6.45, 7) is 1.85. The van der Waals surface area contributed by atoms with Crippen LogP contribution in [0.1, 0.15) is 16.8 Å². The van der Waals surface area contributed by atoms with E-state index in [-0.39, 0.29) is 12.3 Å². The average molecular weight is 388 g/mol. The van der Waals surface area contributed by atoms with Crippen molar-refractivity contribution in [2.75, 3.05) is 13.5 Å². The molecule has 3 heterocycles. The van der Waals surface area contributed by atoms with Crippen LogP contribution in [-0.4, -0.2) is 23.4 Å². The van der Waals surface area contributed by atoms with Gasteiger partial charge in [-0.25, -0.2) is 4.98 Å². The molecule has 0 amide bonds. The minimum absolute atomic E-state index is 0.232. The van der Waals surface area contributed by atoms with Crippen molar-refractivity contribution >= 4 is 10.9 Å². The summed E-state index contributed by atoms with van der Waals surface area (Å²) in [6, 6.07) is 11.6. The van der Waals surface area contributed by atoms with Gasteiger partial charge in [-0.2, -0.15) is 13.2 Å². The molecule has 5 rings (SSSR count). The number of pyridine rings is 1. The van der Waals surface area contributed by atoms with Gasteiger partial charge in [0.15, 0.2) is 11.5 Å². The molecule has 0 aliphatic carbocycles. The van der Waals surface area contributed by atoms with Crippen molar-refractivity contribution in [1.82, 2.24) is 9.88 Å². The molecule has 0 saturated heterocycles. The fourth-order valence-electron chi connectivity index (χ4n) is 3.52. The summed E-state index contributed by atoms with van der Waals surface area (Å²) >= 11 is 0. The largest absolute Gasteiger partial charge is 0.477 e. The van der Waals surface area contributed by atoms with Gasteiger partial charge in [0.2, 0.25) is 6.79 Å². The summed E-state index contributed by atoms with van der Waals surface area (Å²) < 4.78 is 55.3. The van der Waals surface area contributed by atoms with E-state index in [0.29, 0.717) is 31.0 Å². The van der Waals surface area contributed by atoms with Crippen molar-refractivity contribution in [2.45, 2.75) is 19.3 Å². The molecule has 0 N–H and O–H groups in total. The Morgan fingerprint density at radius 3 is 2.68 bits per heavy atom. The second-order valence-electron chi connectivity index (χ2n) is 6.76. The van der Waals surface area contributed by atoms with Gasteiger partial charge >= 0.3 is 6.18 Å². The SMILES string of the molecule is FC(F)(F)c1ccc2c3c(ccc2n1)CN(Cc1ccc2c(c1)OCO2)CO3. The molecular weight excluding hydrogens is 373 g/mol. The lowest BCUT2D eigenvalue weighted by Gasteiger charge is -2.29. The standard InChI is InChI=1S/C20H15F3N2O3/c21-20(22,23)18-6-3-14-15(24-18)4-2-13-9-25(10-26-19(13)14)8-12-1-5-16-17(7-12)28-11-27-16/h1-7H,8-11H2. The Bertz CT molecular complexity index is 1070. The van der Waals surface area contributed by atoms with Crippen LogP contribution in [0.3, 0.4) is 0 Å². The number of halogens is 3. The van der Waals surface area contributed by atoms with Gasteiger partial charge in [-0.3, -0.25) is 4.90 Å². The molecule has 0 bridgehead atoms. The summed E-state index contributed by atoms with van der Waals surface area (Å²) in [6.07, 6.45) is -4.47. The molecular formula is C20H15F3N2O3. The van der Waals surface area contributed by atoms with Gasteiger partial charge in [0.05, 0.1) is 5.52 Å². The molecule has 2 aromatic carbocycles. The van der Waals surface area contributed by atoms with E-state index < -0.39 is 11.9 Å². The molecule has 0 radical (unpaired) electrons. The Balaban J connectivity index is 1.39. The van der Waals surface area contributed by atoms with Crippen molar-refractivity contribution < 1.29 is 27.4 Å². The highest BCUT2D eigenvalue weighted by atomic mass is 19.4. The first-order chi connectivity index (χ1) is 13.5. The third-order valence-electron chi connectivity index (χ3n) is 4.82. The molecule has 144 valence electrons. The lowest BCUT2D eigenvalue weighted by molar-refractivity contribution is -0.140. The van der Waals surface area contributed by atoms with Crippen LogP contribution in [0.2, 0.25) is 0 Å². The topological polar surface area (TPSA) is 43.8 Å². The molecule has 2 aliphatic rings. The lowest BCUT2D eigenvalue weighted by atomic mass is 10.1. The van der Waals surface area contributed by atoms with Gasteiger partial charge in [-0.05, 0) is 35.9 Å². The predicted molar refractivity (Wildman–Crippen MR) is 94.1 cm³/mol. The number of fused-ring (bicyclic) bond motifs is 4. The zero-order valence-electron chi connectivity index (χ0n) is 14.6. The highest BCUT2D eigenvalue weighted by molar-refractivity contribution is 5.87. The van der Waals surface area contributed by atoms with Gasteiger partial charge in [-0.15, -0.1) is 0 Å². The Hall–Kier alpha value is -3.00. The van der Waals surface area contributed by atoms with E-state index >= 15 is 0 Å². The molecule has 1 aromatic heterocycles. The first-order valence-corrected chi connectivity index (χ1v) is 8.71.